The zero-order valence-corrected chi connectivity index (χ0v) is 15.9. The van der Waals surface area contributed by atoms with Crippen LogP contribution in [0.4, 0.5) is 5.69 Å². The van der Waals surface area contributed by atoms with Gasteiger partial charge in [0.15, 0.2) is 5.76 Å². The average Bonchev–Trinajstić information content (AvgIpc) is 3.41. The number of carbonyl (C=O) groups excluding carboxylic acids is 1. The fourth-order valence-electron chi connectivity index (χ4n) is 4.41. The maximum Gasteiger partial charge on any atom is 0.289 e. The van der Waals surface area contributed by atoms with Crippen LogP contribution in [0.3, 0.4) is 0 Å². The van der Waals surface area contributed by atoms with Gasteiger partial charge in [0.05, 0.1) is 29.8 Å². The number of piperidine rings is 1. The first-order chi connectivity index (χ1) is 13.7. The minimum absolute atomic E-state index is 0.0370. The molecule has 2 aliphatic rings. The van der Waals surface area contributed by atoms with Gasteiger partial charge in [-0.1, -0.05) is 0 Å². The second-order valence-electron chi connectivity index (χ2n) is 7.35. The van der Waals surface area contributed by atoms with Crippen LogP contribution in [0.25, 0.3) is 5.69 Å². The van der Waals surface area contributed by atoms with E-state index in [0.29, 0.717) is 25.5 Å². The van der Waals surface area contributed by atoms with E-state index in [1.165, 1.54) is 5.69 Å². The summed E-state index contributed by atoms with van der Waals surface area (Å²) in [5.74, 6) is 1.23. The summed E-state index contributed by atoms with van der Waals surface area (Å²) in [7, 11) is 0. The summed E-state index contributed by atoms with van der Waals surface area (Å²) >= 11 is 0. The number of hydrogen-bond donors (Lipinski definition) is 1. The third-order valence-corrected chi connectivity index (χ3v) is 5.79. The minimum Gasteiger partial charge on any atom is -0.494 e. The van der Waals surface area contributed by atoms with Crippen molar-refractivity contribution in [3.05, 3.63) is 66.4 Å². The van der Waals surface area contributed by atoms with Gasteiger partial charge in [-0.05, 0) is 56.2 Å². The Morgan fingerprint density at radius 1 is 1.21 bits per heavy atom. The third-order valence-electron chi connectivity index (χ3n) is 5.79. The molecular formula is C22H23N3O3. The van der Waals surface area contributed by atoms with Gasteiger partial charge in [-0.25, -0.2) is 0 Å². The lowest BCUT2D eigenvalue weighted by atomic mass is 9.82. The predicted octanol–water partition coefficient (Wildman–Crippen LogP) is 4.03. The van der Waals surface area contributed by atoms with Crippen molar-refractivity contribution < 1.29 is 13.9 Å². The lowest BCUT2D eigenvalue weighted by Gasteiger charge is -2.46. The summed E-state index contributed by atoms with van der Waals surface area (Å²) in [6, 6.07) is 13.9. The Morgan fingerprint density at radius 2 is 2.07 bits per heavy atom. The van der Waals surface area contributed by atoms with Crippen LogP contribution in [-0.4, -0.2) is 35.1 Å². The van der Waals surface area contributed by atoms with Gasteiger partial charge in [-0.15, -0.1) is 0 Å². The molecule has 4 heterocycles. The number of rotatable bonds is 3. The number of nitrogens with zero attached hydrogens (tertiary/aromatic N) is 2. The molecule has 1 fully saturated rings. The highest BCUT2D eigenvalue weighted by Crippen LogP contribution is 2.44. The topological polar surface area (TPSA) is 59.6 Å². The van der Waals surface area contributed by atoms with Crippen LogP contribution < -0.4 is 10.1 Å². The lowest BCUT2D eigenvalue weighted by molar-refractivity contribution is 0.0644. The van der Waals surface area contributed by atoms with E-state index in [2.05, 4.69) is 40.3 Å². The molecule has 1 N–H and O–H groups in total. The Labute approximate surface area is 163 Å². The summed E-state index contributed by atoms with van der Waals surface area (Å²) in [5, 5.41) is 3.79. The van der Waals surface area contributed by atoms with Crippen LogP contribution in [0.2, 0.25) is 0 Å². The molecule has 0 unspecified atom stereocenters. The standard InChI is InChI=1S/C22H23N3O3/c1-2-27-16-7-8-18-17(15-16)23-22(20-6-3-11-25(18)20)9-12-24(13-10-22)21(26)19-5-4-14-28-19/h3-8,11,14-15,23H,2,9-10,12-13H2,1H3. The molecule has 0 aliphatic carbocycles. The van der Waals surface area contributed by atoms with Crippen LogP contribution in [-0.2, 0) is 5.54 Å². The number of fused-ring (bicyclic) bond motifs is 4. The van der Waals surface area contributed by atoms with Crippen LogP contribution in [0.1, 0.15) is 36.0 Å². The smallest absolute Gasteiger partial charge is 0.289 e. The highest BCUT2D eigenvalue weighted by Gasteiger charge is 2.42. The van der Waals surface area contributed by atoms with Crippen molar-refractivity contribution in [2.24, 2.45) is 0 Å². The molecule has 6 nitrogen and oxygen atoms in total. The van der Waals surface area contributed by atoms with Gasteiger partial charge in [0.1, 0.15) is 5.75 Å². The van der Waals surface area contributed by atoms with E-state index in [0.717, 1.165) is 30.0 Å². The zero-order chi connectivity index (χ0) is 19.1. The minimum atomic E-state index is -0.193. The van der Waals surface area contributed by atoms with Gasteiger partial charge in [-0.3, -0.25) is 4.79 Å². The Morgan fingerprint density at radius 3 is 2.82 bits per heavy atom. The number of nitrogens with one attached hydrogen (secondary N) is 1. The Hall–Kier alpha value is -3.15. The van der Waals surface area contributed by atoms with Gasteiger partial charge in [0, 0.05) is 31.0 Å². The second kappa shape index (κ2) is 6.48. The van der Waals surface area contributed by atoms with E-state index < -0.39 is 0 Å². The number of benzene rings is 1. The molecule has 6 heteroatoms. The summed E-state index contributed by atoms with van der Waals surface area (Å²) in [6.45, 7) is 3.99. The monoisotopic (exact) mass is 377 g/mol. The van der Waals surface area contributed by atoms with E-state index in [1.807, 2.05) is 17.9 Å². The summed E-state index contributed by atoms with van der Waals surface area (Å²) in [5.41, 5.74) is 3.25. The average molecular weight is 377 g/mol. The fourth-order valence-corrected chi connectivity index (χ4v) is 4.41. The maximum absolute atomic E-state index is 12.6. The van der Waals surface area contributed by atoms with E-state index in [1.54, 1.807) is 18.4 Å². The number of aromatic nitrogens is 1. The van der Waals surface area contributed by atoms with Crippen LogP contribution in [0, 0.1) is 0 Å². The molecule has 28 heavy (non-hydrogen) atoms. The molecule has 0 atom stereocenters. The second-order valence-corrected chi connectivity index (χ2v) is 7.35. The number of anilines is 1. The lowest BCUT2D eigenvalue weighted by Crippen LogP contribution is -2.51. The molecule has 2 aromatic heterocycles. The Balaban J connectivity index is 1.44. The molecule has 0 bridgehead atoms. The van der Waals surface area contributed by atoms with Crippen molar-refractivity contribution in [1.82, 2.24) is 9.47 Å². The van der Waals surface area contributed by atoms with Gasteiger partial charge in [0.25, 0.3) is 5.91 Å². The third kappa shape index (κ3) is 2.59. The van der Waals surface area contributed by atoms with Crippen molar-refractivity contribution >= 4 is 11.6 Å². The fraction of sp³-hybridized carbons (Fsp3) is 0.318. The number of ether oxygens (including phenoxy) is 1. The van der Waals surface area contributed by atoms with Gasteiger partial charge >= 0.3 is 0 Å². The first-order valence-electron chi connectivity index (χ1n) is 9.76. The molecule has 3 aromatic rings. The summed E-state index contributed by atoms with van der Waals surface area (Å²) in [6.07, 6.45) is 5.32. The van der Waals surface area contributed by atoms with Gasteiger partial charge in [0.2, 0.25) is 0 Å². The number of likely N-dealkylation sites (tertiary alicyclic amines) is 1. The van der Waals surface area contributed by atoms with Crippen LogP contribution in [0.5, 0.6) is 5.75 Å². The molecule has 0 saturated carbocycles. The van der Waals surface area contributed by atoms with Crippen molar-refractivity contribution in [2.45, 2.75) is 25.3 Å². The van der Waals surface area contributed by atoms with Gasteiger partial charge in [-0.2, -0.15) is 0 Å². The van der Waals surface area contributed by atoms with E-state index in [9.17, 15) is 4.79 Å². The Bertz CT molecular complexity index is 998. The van der Waals surface area contributed by atoms with Crippen molar-refractivity contribution in [1.29, 1.82) is 0 Å². The molecule has 1 saturated heterocycles. The number of furan rings is 1. The number of carbonyl (C=O) groups is 1. The SMILES string of the molecule is CCOc1ccc2c(c1)NC1(CCN(C(=O)c3ccco3)CC1)c1cccn1-2. The molecule has 144 valence electrons. The van der Waals surface area contributed by atoms with E-state index >= 15 is 0 Å². The summed E-state index contributed by atoms with van der Waals surface area (Å²) < 4.78 is 13.2. The number of amides is 1. The van der Waals surface area contributed by atoms with Crippen LogP contribution >= 0.6 is 0 Å². The van der Waals surface area contributed by atoms with Crippen molar-refractivity contribution in [3.63, 3.8) is 0 Å². The molecule has 1 spiro atoms. The van der Waals surface area contributed by atoms with Crippen molar-refractivity contribution in [3.8, 4) is 11.4 Å². The highest BCUT2D eigenvalue weighted by atomic mass is 16.5. The Kier molecular flexibility index (Phi) is 3.93. The maximum atomic E-state index is 12.6. The molecule has 1 amide bonds. The molecule has 1 aromatic carbocycles. The normalized spacial score (nSPS) is 17.0. The first-order valence-corrected chi connectivity index (χ1v) is 9.76. The molecule has 5 rings (SSSR count). The molecule has 2 aliphatic heterocycles. The molecular weight excluding hydrogens is 354 g/mol. The largest absolute Gasteiger partial charge is 0.494 e. The number of hydrogen-bond acceptors (Lipinski definition) is 4. The van der Waals surface area contributed by atoms with E-state index in [-0.39, 0.29) is 11.4 Å². The highest BCUT2D eigenvalue weighted by molar-refractivity contribution is 5.91. The van der Waals surface area contributed by atoms with E-state index in [4.69, 9.17) is 9.15 Å². The quantitative estimate of drug-likeness (QED) is 0.749. The van der Waals surface area contributed by atoms with Gasteiger partial charge < -0.3 is 23.9 Å². The van der Waals surface area contributed by atoms with Crippen molar-refractivity contribution in [2.75, 3.05) is 25.0 Å². The predicted molar refractivity (Wildman–Crippen MR) is 106 cm³/mol. The summed E-state index contributed by atoms with van der Waals surface area (Å²) in [4.78, 5) is 14.5. The zero-order valence-electron chi connectivity index (χ0n) is 15.9. The molecule has 0 radical (unpaired) electrons. The van der Waals surface area contributed by atoms with Crippen LogP contribution in [0.15, 0.2) is 59.3 Å². The first kappa shape index (κ1) is 17.0.